The van der Waals surface area contributed by atoms with Gasteiger partial charge >= 0.3 is 0 Å². The summed E-state index contributed by atoms with van der Waals surface area (Å²) in [6.07, 6.45) is 5.72. The predicted molar refractivity (Wildman–Crippen MR) is 68.0 cm³/mol. The molecule has 14 heavy (non-hydrogen) atoms. The quantitative estimate of drug-likeness (QED) is 0.677. The van der Waals surface area contributed by atoms with E-state index in [0.29, 0.717) is 12.1 Å². The van der Waals surface area contributed by atoms with E-state index >= 15 is 0 Å². The zero-order valence-electron chi connectivity index (χ0n) is 10.1. The Balaban J connectivity index is 3.83. The lowest BCUT2D eigenvalue weighted by Gasteiger charge is -2.28. The maximum atomic E-state index is 6.03. The number of likely N-dealkylation sites (N-methyl/N-ethyl adjacent to an activating group) is 1. The third-order valence-corrected chi connectivity index (χ3v) is 3.35. The highest BCUT2D eigenvalue weighted by atomic mass is 32.2. The van der Waals surface area contributed by atoms with Crippen molar-refractivity contribution in [3.8, 4) is 0 Å². The molecule has 0 bridgehead atoms. The molecule has 0 aliphatic carbocycles. The summed E-state index contributed by atoms with van der Waals surface area (Å²) < 4.78 is 0. The van der Waals surface area contributed by atoms with E-state index in [1.54, 1.807) is 0 Å². The van der Waals surface area contributed by atoms with Crippen LogP contribution >= 0.6 is 11.8 Å². The smallest absolute Gasteiger partial charge is 0.0181 e. The second kappa shape index (κ2) is 8.57. The summed E-state index contributed by atoms with van der Waals surface area (Å²) >= 11 is 1.92. The summed E-state index contributed by atoms with van der Waals surface area (Å²) in [5.41, 5.74) is 6.03. The lowest BCUT2D eigenvalue weighted by molar-refractivity contribution is 0.237. The normalized spacial score (nSPS) is 15.9. The van der Waals surface area contributed by atoms with Crippen LogP contribution in [0.5, 0.6) is 0 Å². The summed E-state index contributed by atoms with van der Waals surface area (Å²) in [5, 5.41) is 0. The molecule has 0 spiro atoms. The van der Waals surface area contributed by atoms with Crippen molar-refractivity contribution in [2.24, 2.45) is 5.73 Å². The Morgan fingerprint density at radius 3 is 2.43 bits per heavy atom. The Bertz CT molecular complexity index is 130. The first-order valence-corrected chi connectivity index (χ1v) is 6.99. The molecule has 0 saturated carbocycles. The van der Waals surface area contributed by atoms with Crippen molar-refractivity contribution in [3.63, 3.8) is 0 Å². The van der Waals surface area contributed by atoms with Gasteiger partial charge in [-0.1, -0.05) is 20.3 Å². The van der Waals surface area contributed by atoms with E-state index in [0.717, 1.165) is 13.0 Å². The first-order valence-electron chi connectivity index (χ1n) is 5.60. The summed E-state index contributed by atoms with van der Waals surface area (Å²) in [7, 11) is 2.19. The van der Waals surface area contributed by atoms with E-state index in [1.807, 2.05) is 11.8 Å². The number of thioether (sulfide) groups is 1. The average molecular weight is 218 g/mol. The molecule has 0 aliphatic heterocycles. The minimum Gasteiger partial charge on any atom is -0.327 e. The number of hydrogen-bond donors (Lipinski definition) is 1. The highest BCUT2D eigenvalue weighted by Crippen LogP contribution is 2.09. The largest absolute Gasteiger partial charge is 0.327 e. The van der Waals surface area contributed by atoms with E-state index in [-0.39, 0.29) is 0 Å². The molecule has 0 amide bonds. The molecule has 2 atom stereocenters. The molecular formula is C11H26N2S. The second-order valence-electron chi connectivity index (χ2n) is 4.01. The lowest BCUT2D eigenvalue weighted by Crippen LogP contribution is -2.41. The molecule has 0 aromatic rings. The van der Waals surface area contributed by atoms with Gasteiger partial charge in [-0.15, -0.1) is 0 Å². The van der Waals surface area contributed by atoms with Crippen molar-refractivity contribution in [2.75, 3.05) is 25.6 Å². The van der Waals surface area contributed by atoms with Gasteiger partial charge in [-0.3, -0.25) is 0 Å². The Hall–Kier alpha value is 0.270. The Kier molecular flexibility index (Phi) is 8.73. The molecular weight excluding hydrogens is 192 g/mol. The first kappa shape index (κ1) is 14.3. The van der Waals surface area contributed by atoms with Crippen LogP contribution in [0.2, 0.25) is 0 Å². The third-order valence-electron chi connectivity index (χ3n) is 2.64. The number of nitrogens with two attached hydrogens (primary N) is 1. The molecule has 3 heteroatoms. The van der Waals surface area contributed by atoms with Gasteiger partial charge in [0.2, 0.25) is 0 Å². The number of hydrogen-bond acceptors (Lipinski definition) is 3. The maximum Gasteiger partial charge on any atom is 0.0181 e. The molecule has 0 aromatic carbocycles. The molecule has 2 nitrogen and oxygen atoms in total. The van der Waals surface area contributed by atoms with E-state index < -0.39 is 0 Å². The van der Waals surface area contributed by atoms with Gasteiger partial charge in [0.15, 0.2) is 0 Å². The van der Waals surface area contributed by atoms with Crippen molar-refractivity contribution >= 4 is 11.8 Å². The highest BCUT2D eigenvalue weighted by Gasteiger charge is 2.14. The van der Waals surface area contributed by atoms with E-state index in [2.05, 4.69) is 32.1 Å². The van der Waals surface area contributed by atoms with Crippen LogP contribution < -0.4 is 5.73 Å². The lowest BCUT2D eigenvalue weighted by atomic mass is 10.1. The minimum absolute atomic E-state index is 0.348. The van der Waals surface area contributed by atoms with E-state index in [4.69, 9.17) is 5.73 Å². The van der Waals surface area contributed by atoms with Crippen LogP contribution in [0.1, 0.15) is 33.1 Å². The molecule has 0 fully saturated rings. The fourth-order valence-electron chi connectivity index (χ4n) is 1.73. The van der Waals surface area contributed by atoms with E-state index in [9.17, 15) is 0 Å². The molecule has 2 N–H and O–H groups in total. The number of rotatable bonds is 8. The molecule has 2 unspecified atom stereocenters. The van der Waals surface area contributed by atoms with Gasteiger partial charge in [-0.05, 0) is 26.1 Å². The van der Waals surface area contributed by atoms with Crippen LogP contribution in [0.3, 0.4) is 0 Å². The highest BCUT2D eigenvalue weighted by molar-refractivity contribution is 7.98. The van der Waals surface area contributed by atoms with Crippen LogP contribution in [-0.4, -0.2) is 42.6 Å². The SMILES string of the molecule is CCCC(N)CN(C)C(CC)CSC. The summed E-state index contributed by atoms with van der Waals surface area (Å²) in [5.74, 6) is 1.21. The zero-order valence-corrected chi connectivity index (χ0v) is 10.9. The fraction of sp³-hybridized carbons (Fsp3) is 1.00. The number of nitrogens with zero attached hydrogens (tertiary/aromatic N) is 1. The topological polar surface area (TPSA) is 29.3 Å². The van der Waals surface area contributed by atoms with Crippen LogP contribution in [0.4, 0.5) is 0 Å². The molecule has 0 radical (unpaired) electrons. The van der Waals surface area contributed by atoms with E-state index in [1.165, 1.54) is 18.6 Å². The summed E-state index contributed by atoms with van der Waals surface area (Å²) in [4.78, 5) is 2.41. The Labute approximate surface area is 93.6 Å². The van der Waals surface area contributed by atoms with Crippen LogP contribution in [0.25, 0.3) is 0 Å². The van der Waals surface area contributed by atoms with Crippen molar-refractivity contribution < 1.29 is 0 Å². The van der Waals surface area contributed by atoms with Crippen LogP contribution in [0.15, 0.2) is 0 Å². The summed E-state index contributed by atoms with van der Waals surface area (Å²) in [6.45, 7) is 5.48. The Morgan fingerprint density at radius 2 is 2.00 bits per heavy atom. The minimum atomic E-state index is 0.348. The van der Waals surface area contributed by atoms with Gasteiger partial charge in [0.05, 0.1) is 0 Å². The molecule has 86 valence electrons. The molecule has 0 aliphatic rings. The van der Waals surface area contributed by atoms with Gasteiger partial charge in [0.25, 0.3) is 0 Å². The standard InChI is InChI=1S/C11H26N2S/c1-5-7-10(12)8-13(3)11(6-2)9-14-4/h10-11H,5-9,12H2,1-4H3. The Morgan fingerprint density at radius 1 is 1.36 bits per heavy atom. The van der Waals surface area contributed by atoms with Crippen molar-refractivity contribution in [3.05, 3.63) is 0 Å². The summed E-state index contributed by atoms with van der Waals surface area (Å²) in [6, 6.07) is 1.04. The van der Waals surface area contributed by atoms with Crippen molar-refractivity contribution in [2.45, 2.75) is 45.2 Å². The van der Waals surface area contributed by atoms with Crippen LogP contribution in [-0.2, 0) is 0 Å². The van der Waals surface area contributed by atoms with Gasteiger partial charge in [0.1, 0.15) is 0 Å². The second-order valence-corrected chi connectivity index (χ2v) is 4.92. The van der Waals surface area contributed by atoms with Gasteiger partial charge in [-0.2, -0.15) is 11.8 Å². The van der Waals surface area contributed by atoms with Gasteiger partial charge in [0, 0.05) is 24.4 Å². The van der Waals surface area contributed by atoms with Crippen LogP contribution in [0, 0.1) is 0 Å². The van der Waals surface area contributed by atoms with Gasteiger partial charge in [-0.25, -0.2) is 0 Å². The zero-order chi connectivity index (χ0) is 11.0. The first-order chi connectivity index (χ1) is 6.65. The molecule has 0 aromatic heterocycles. The average Bonchev–Trinajstić information content (AvgIpc) is 2.14. The molecule has 0 saturated heterocycles. The van der Waals surface area contributed by atoms with Gasteiger partial charge < -0.3 is 10.6 Å². The fourth-order valence-corrected chi connectivity index (χ4v) is 2.61. The maximum absolute atomic E-state index is 6.03. The monoisotopic (exact) mass is 218 g/mol. The molecule has 0 rings (SSSR count). The third kappa shape index (κ3) is 5.89. The molecule has 0 heterocycles. The van der Waals surface area contributed by atoms with Crippen molar-refractivity contribution in [1.29, 1.82) is 0 Å². The predicted octanol–water partition coefficient (Wildman–Crippen LogP) is 2.19. The van der Waals surface area contributed by atoms with Crippen molar-refractivity contribution in [1.82, 2.24) is 4.90 Å².